The van der Waals surface area contributed by atoms with Crippen LogP contribution >= 0.6 is 11.3 Å². The van der Waals surface area contributed by atoms with E-state index in [-0.39, 0.29) is 11.5 Å². The molecule has 0 spiro atoms. The molecule has 2 atom stereocenters. The molecule has 2 nitrogen and oxygen atoms in total. The van der Waals surface area contributed by atoms with Gasteiger partial charge in [0.05, 0.1) is 16.5 Å². The Morgan fingerprint density at radius 2 is 2.00 bits per heavy atom. The van der Waals surface area contributed by atoms with E-state index < -0.39 is 6.10 Å². The van der Waals surface area contributed by atoms with Crippen molar-refractivity contribution in [3.63, 3.8) is 0 Å². The van der Waals surface area contributed by atoms with Crippen LogP contribution in [-0.2, 0) is 0 Å². The summed E-state index contributed by atoms with van der Waals surface area (Å²) >= 11 is 1.65. The summed E-state index contributed by atoms with van der Waals surface area (Å²) < 4.78 is 0. The fraction of sp³-hybridized carbons (Fsp3) is 0.368. The first kappa shape index (κ1) is 15.1. The third-order valence-electron chi connectivity index (χ3n) is 4.41. The molecule has 0 fully saturated rings. The molecule has 114 valence electrons. The number of anilines is 1. The van der Waals surface area contributed by atoms with Crippen molar-refractivity contribution in [1.29, 1.82) is 0 Å². The molecule has 1 aromatic heterocycles. The van der Waals surface area contributed by atoms with Crippen molar-refractivity contribution >= 4 is 17.0 Å². The Hall–Kier alpha value is -1.76. The quantitative estimate of drug-likeness (QED) is 0.717. The lowest BCUT2D eigenvalue weighted by Crippen LogP contribution is -2.50. The van der Waals surface area contributed by atoms with Gasteiger partial charge in [-0.15, -0.1) is 11.3 Å². The number of thiophene rings is 1. The molecule has 22 heavy (non-hydrogen) atoms. The molecular weight excluding hydrogens is 290 g/mol. The van der Waals surface area contributed by atoms with Gasteiger partial charge < -0.3 is 10.4 Å². The van der Waals surface area contributed by atoms with Gasteiger partial charge in [0.1, 0.15) is 0 Å². The van der Waals surface area contributed by atoms with E-state index in [2.05, 4.69) is 43.1 Å². The monoisotopic (exact) mass is 311 g/mol. The molecule has 0 saturated heterocycles. The number of hydrogen-bond donors (Lipinski definition) is 2. The predicted octanol–water partition coefficient (Wildman–Crippen LogP) is 4.12. The van der Waals surface area contributed by atoms with Crippen LogP contribution in [-0.4, -0.2) is 16.7 Å². The zero-order valence-corrected chi connectivity index (χ0v) is 14.2. The lowest BCUT2D eigenvalue weighted by molar-refractivity contribution is 0.0867. The second-order valence-corrected chi connectivity index (χ2v) is 7.47. The molecule has 3 heteroatoms. The van der Waals surface area contributed by atoms with E-state index in [0.29, 0.717) is 0 Å². The van der Waals surface area contributed by atoms with E-state index >= 15 is 0 Å². The van der Waals surface area contributed by atoms with Crippen LogP contribution in [0.25, 0.3) is 0 Å². The number of nitrogens with one attached hydrogen (secondary N) is 1. The van der Waals surface area contributed by atoms with Crippen LogP contribution in [0.2, 0.25) is 0 Å². The van der Waals surface area contributed by atoms with Gasteiger partial charge in [0.2, 0.25) is 0 Å². The maximum Gasteiger partial charge on any atom is 0.0831 e. The van der Waals surface area contributed by atoms with Gasteiger partial charge in [-0.1, -0.05) is 30.9 Å². The minimum absolute atomic E-state index is 0.0544. The van der Waals surface area contributed by atoms with Gasteiger partial charge in [-0.2, -0.15) is 0 Å². The molecule has 1 aromatic carbocycles. The number of aryl methyl sites for hydroxylation is 1. The van der Waals surface area contributed by atoms with Gasteiger partial charge in [0, 0.05) is 17.2 Å². The molecule has 0 unspecified atom stereocenters. The van der Waals surface area contributed by atoms with Gasteiger partial charge in [-0.3, -0.25) is 0 Å². The van der Waals surface area contributed by atoms with Crippen molar-refractivity contribution in [3.8, 4) is 11.8 Å². The molecule has 2 aromatic rings. The Balaban J connectivity index is 2.12. The minimum Gasteiger partial charge on any atom is -0.390 e. The summed E-state index contributed by atoms with van der Waals surface area (Å²) in [6.45, 7) is 8.27. The van der Waals surface area contributed by atoms with Gasteiger partial charge in [0.25, 0.3) is 0 Å². The van der Waals surface area contributed by atoms with Crippen LogP contribution in [0, 0.1) is 18.8 Å². The molecule has 0 bridgehead atoms. The van der Waals surface area contributed by atoms with Crippen LogP contribution in [0.5, 0.6) is 0 Å². The summed E-state index contributed by atoms with van der Waals surface area (Å²) in [5.74, 6) is 6.57. The fourth-order valence-corrected chi connectivity index (χ4v) is 3.70. The average molecular weight is 311 g/mol. The highest BCUT2D eigenvalue weighted by atomic mass is 32.1. The first-order valence-electron chi connectivity index (χ1n) is 7.55. The summed E-state index contributed by atoms with van der Waals surface area (Å²) in [5, 5.41) is 16.1. The van der Waals surface area contributed by atoms with Gasteiger partial charge in [-0.05, 0) is 49.4 Å². The largest absolute Gasteiger partial charge is 0.390 e. The maximum atomic E-state index is 10.6. The van der Waals surface area contributed by atoms with Crippen molar-refractivity contribution < 1.29 is 5.11 Å². The van der Waals surface area contributed by atoms with Gasteiger partial charge in [-0.25, -0.2) is 0 Å². The summed E-state index contributed by atoms with van der Waals surface area (Å²) in [4.78, 5) is 1.06. The van der Waals surface area contributed by atoms with Crippen molar-refractivity contribution in [2.24, 2.45) is 0 Å². The number of rotatable bonds is 0. The van der Waals surface area contributed by atoms with Crippen molar-refractivity contribution in [3.05, 3.63) is 51.2 Å². The summed E-state index contributed by atoms with van der Waals surface area (Å²) in [5.41, 5.74) is 4.13. The Bertz CT molecular complexity index is 750. The number of hydrogen-bond acceptors (Lipinski definition) is 3. The summed E-state index contributed by atoms with van der Waals surface area (Å²) in [7, 11) is 0. The SMILES string of the molecule is Cc1ccc(C#Cc2cccs2)c2c1NC(C)(C)[C@H](O)[C@H]2C. The van der Waals surface area contributed by atoms with Crippen molar-refractivity contribution in [1.82, 2.24) is 0 Å². The Morgan fingerprint density at radius 1 is 1.23 bits per heavy atom. The van der Waals surface area contributed by atoms with Gasteiger partial charge >= 0.3 is 0 Å². The standard InChI is InChI=1S/C19H21NOS/c1-12-7-8-14(9-10-15-6-5-11-22-15)16-13(2)18(21)19(3,4)20-17(12)16/h5-8,11,13,18,20-21H,1-4H3/t13-,18+/m0/s1. The Labute approximate surface area is 136 Å². The van der Waals surface area contributed by atoms with E-state index in [0.717, 1.165) is 21.7 Å². The van der Waals surface area contributed by atoms with Crippen LogP contribution < -0.4 is 5.32 Å². The van der Waals surface area contributed by atoms with E-state index in [4.69, 9.17) is 0 Å². The first-order valence-corrected chi connectivity index (χ1v) is 8.43. The first-order chi connectivity index (χ1) is 10.4. The molecule has 2 heterocycles. The van der Waals surface area contributed by atoms with Crippen molar-refractivity contribution in [2.75, 3.05) is 5.32 Å². The molecule has 3 rings (SSSR count). The second kappa shape index (κ2) is 5.46. The molecule has 1 aliphatic rings. The van der Waals surface area contributed by atoms with Crippen LogP contribution in [0.1, 0.15) is 48.3 Å². The molecule has 0 saturated carbocycles. The normalized spacial score (nSPS) is 22.2. The Kier molecular flexibility index (Phi) is 3.76. The van der Waals surface area contributed by atoms with E-state index in [1.807, 2.05) is 31.4 Å². The third-order valence-corrected chi connectivity index (χ3v) is 5.20. The zero-order chi connectivity index (χ0) is 15.9. The van der Waals surface area contributed by atoms with Crippen LogP contribution in [0.15, 0.2) is 29.6 Å². The highest BCUT2D eigenvalue weighted by Crippen LogP contribution is 2.42. The molecule has 0 aliphatic carbocycles. The molecule has 2 N–H and O–H groups in total. The predicted molar refractivity (Wildman–Crippen MR) is 93.6 cm³/mol. The maximum absolute atomic E-state index is 10.6. The number of aliphatic hydroxyl groups excluding tert-OH is 1. The molecular formula is C19H21NOS. The summed E-state index contributed by atoms with van der Waals surface area (Å²) in [6, 6.07) is 8.20. The second-order valence-electron chi connectivity index (χ2n) is 6.53. The molecule has 0 radical (unpaired) electrons. The van der Waals surface area contributed by atoms with E-state index in [1.54, 1.807) is 11.3 Å². The Morgan fingerprint density at radius 3 is 2.68 bits per heavy atom. The third kappa shape index (κ3) is 2.54. The number of aliphatic hydroxyl groups is 1. The topological polar surface area (TPSA) is 32.3 Å². The lowest BCUT2D eigenvalue weighted by atomic mass is 9.76. The highest BCUT2D eigenvalue weighted by Gasteiger charge is 2.39. The number of fused-ring (bicyclic) bond motifs is 1. The average Bonchev–Trinajstić information content (AvgIpc) is 2.98. The molecule has 0 amide bonds. The summed E-state index contributed by atoms with van der Waals surface area (Å²) in [6.07, 6.45) is -0.441. The minimum atomic E-state index is -0.441. The van der Waals surface area contributed by atoms with Gasteiger partial charge in [0.15, 0.2) is 0 Å². The number of benzene rings is 1. The fourth-order valence-electron chi connectivity index (χ4n) is 3.13. The lowest BCUT2D eigenvalue weighted by Gasteiger charge is -2.43. The van der Waals surface area contributed by atoms with E-state index in [1.165, 1.54) is 5.56 Å². The van der Waals surface area contributed by atoms with Crippen molar-refractivity contribution in [2.45, 2.75) is 45.3 Å². The van der Waals surface area contributed by atoms with Crippen LogP contribution in [0.3, 0.4) is 0 Å². The zero-order valence-electron chi connectivity index (χ0n) is 13.4. The van der Waals surface area contributed by atoms with E-state index in [9.17, 15) is 5.11 Å². The highest BCUT2D eigenvalue weighted by molar-refractivity contribution is 7.10. The smallest absolute Gasteiger partial charge is 0.0831 e. The van der Waals surface area contributed by atoms with Crippen LogP contribution in [0.4, 0.5) is 5.69 Å². The molecule has 1 aliphatic heterocycles.